The number of benzene rings is 1. The van der Waals surface area contributed by atoms with Gasteiger partial charge in [-0.05, 0) is 43.5 Å². The van der Waals surface area contributed by atoms with E-state index in [1.165, 1.54) is 17.4 Å². The van der Waals surface area contributed by atoms with Crippen LogP contribution in [0.1, 0.15) is 23.1 Å². The Morgan fingerprint density at radius 3 is 2.55 bits per heavy atom. The molecule has 0 unspecified atom stereocenters. The first kappa shape index (κ1) is 14.7. The quantitative estimate of drug-likeness (QED) is 0.842. The molecule has 0 radical (unpaired) electrons. The van der Waals surface area contributed by atoms with Crippen LogP contribution >= 0.6 is 11.3 Å². The maximum Gasteiger partial charge on any atom is 0.263 e. The Labute approximate surface area is 122 Å². The summed E-state index contributed by atoms with van der Waals surface area (Å²) in [7, 11) is -3.69. The van der Waals surface area contributed by atoms with Gasteiger partial charge in [0.2, 0.25) is 5.13 Å². The van der Waals surface area contributed by atoms with E-state index < -0.39 is 10.0 Å². The maximum absolute atomic E-state index is 12.3. The third-order valence-corrected chi connectivity index (χ3v) is 5.41. The Morgan fingerprint density at radius 1 is 1.30 bits per heavy atom. The molecule has 0 saturated carbocycles. The van der Waals surface area contributed by atoms with Crippen LogP contribution in [0.2, 0.25) is 0 Å². The number of aromatic nitrogens is 2. The number of anilines is 2. The summed E-state index contributed by atoms with van der Waals surface area (Å²) in [5.74, 6) is 0. The van der Waals surface area contributed by atoms with Gasteiger partial charge in [0, 0.05) is 5.69 Å². The number of rotatable bonds is 4. The van der Waals surface area contributed by atoms with E-state index in [4.69, 9.17) is 5.73 Å². The molecule has 3 N–H and O–H groups in total. The topological polar surface area (TPSA) is 98.0 Å². The van der Waals surface area contributed by atoms with Crippen molar-refractivity contribution in [3.8, 4) is 0 Å². The zero-order chi connectivity index (χ0) is 14.9. The summed E-state index contributed by atoms with van der Waals surface area (Å²) in [6.45, 7) is 5.61. The Balaban J connectivity index is 2.35. The second-order valence-corrected chi connectivity index (χ2v) is 7.16. The summed E-state index contributed by atoms with van der Waals surface area (Å²) in [4.78, 5) is 0.131. The molecule has 2 aromatic rings. The molecular formula is C12H16N4O2S2. The second-order valence-electron chi connectivity index (χ2n) is 4.41. The first-order chi connectivity index (χ1) is 9.33. The molecule has 0 aliphatic rings. The highest BCUT2D eigenvalue weighted by atomic mass is 32.2. The molecule has 0 spiro atoms. The maximum atomic E-state index is 12.3. The van der Waals surface area contributed by atoms with Gasteiger partial charge in [-0.1, -0.05) is 18.3 Å². The average Bonchev–Trinajstić information content (AvgIpc) is 2.82. The van der Waals surface area contributed by atoms with Gasteiger partial charge < -0.3 is 5.73 Å². The van der Waals surface area contributed by atoms with E-state index in [0.717, 1.165) is 22.6 Å². The molecule has 1 heterocycles. The van der Waals surface area contributed by atoms with Gasteiger partial charge >= 0.3 is 0 Å². The lowest BCUT2D eigenvalue weighted by Crippen LogP contribution is -2.13. The van der Waals surface area contributed by atoms with E-state index in [1.54, 1.807) is 6.07 Å². The van der Waals surface area contributed by atoms with Gasteiger partial charge in [0.25, 0.3) is 10.0 Å². The molecule has 1 aromatic heterocycles. The van der Waals surface area contributed by atoms with E-state index in [2.05, 4.69) is 14.9 Å². The van der Waals surface area contributed by atoms with Crippen LogP contribution in [0.5, 0.6) is 0 Å². The lowest BCUT2D eigenvalue weighted by atomic mass is 10.1. The minimum absolute atomic E-state index is 0.131. The molecule has 0 fully saturated rings. The van der Waals surface area contributed by atoms with Crippen molar-refractivity contribution in [3.63, 3.8) is 0 Å². The lowest BCUT2D eigenvalue weighted by molar-refractivity contribution is 0.601. The normalized spacial score (nSPS) is 11.6. The third-order valence-electron chi connectivity index (χ3n) is 2.98. The second kappa shape index (κ2) is 5.37. The van der Waals surface area contributed by atoms with Gasteiger partial charge in [-0.15, -0.1) is 10.2 Å². The Bertz CT molecular complexity index is 715. The van der Waals surface area contributed by atoms with E-state index in [-0.39, 0.29) is 10.0 Å². The number of nitrogens with two attached hydrogens (primary N) is 1. The van der Waals surface area contributed by atoms with E-state index in [1.807, 2.05) is 20.8 Å². The first-order valence-corrected chi connectivity index (χ1v) is 8.35. The zero-order valence-corrected chi connectivity index (χ0v) is 13.1. The Kier molecular flexibility index (Phi) is 3.96. The molecule has 0 atom stereocenters. The van der Waals surface area contributed by atoms with E-state index in [9.17, 15) is 8.42 Å². The highest BCUT2D eigenvalue weighted by molar-refractivity contribution is 7.93. The van der Waals surface area contributed by atoms with Gasteiger partial charge in [-0.2, -0.15) is 0 Å². The summed E-state index contributed by atoms with van der Waals surface area (Å²) in [5, 5.41) is 8.73. The molecule has 2 rings (SSSR count). The minimum atomic E-state index is -3.69. The van der Waals surface area contributed by atoms with Gasteiger partial charge in [0.1, 0.15) is 5.01 Å². The molecule has 8 heteroatoms. The summed E-state index contributed by atoms with van der Waals surface area (Å²) < 4.78 is 27.0. The van der Waals surface area contributed by atoms with Crippen LogP contribution in [0.25, 0.3) is 0 Å². The molecule has 0 aliphatic heterocycles. The third kappa shape index (κ3) is 2.91. The molecule has 0 amide bonds. The van der Waals surface area contributed by atoms with Crippen molar-refractivity contribution in [3.05, 3.63) is 28.3 Å². The van der Waals surface area contributed by atoms with Crippen LogP contribution in [0, 0.1) is 13.8 Å². The van der Waals surface area contributed by atoms with Gasteiger partial charge in [0.15, 0.2) is 0 Å². The monoisotopic (exact) mass is 312 g/mol. The summed E-state index contributed by atoms with van der Waals surface area (Å²) in [5.41, 5.74) is 7.99. The average molecular weight is 312 g/mol. The fourth-order valence-corrected chi connectivity index (χ4v) is 3.65. The van der Waals surface area contributed by atoms with Crippen molar-refractivity contribution in [1.82, 2.24) is 10.2 Å². The van der Waals surface area contributed by atoms with Crippen molar-refractivity contribution >= 4 is 32.2 Å². The van der Waals surface area contributed by atoms with Crippen LogP contribution in [-0.4, -0.2) is 18.6 Å². The van der Waals surface area contributed by atoms with Gasteiger partial charge in [-0.25, -0.2) is 8.42 Å². The number of hydrogen-bond donors (Lipinski definition) is 2. The molecule has 0 saturated heterocycles. The molecule has 20 heavy (non-hydrogen) atoms. The van der Waals surface area contributed by atoms with E-state index >= 15 is 0 Å². The molecule has 108 valence electrons. The summed E-state index contributed by atoms with van der Waals surface area (Å²) >= 11 is 1.22. The molecular weight excluding hydrogens is 296 g/mol. The molecule has 0 aliphatic carbocycles. The highest BCUT2D eigenvalue weighted by Crippen LogP contribution is 2.24. The first-order valence-electron chi connectivity index (χ1n) is 6.05. The van der Waals surface area contributed by atoms with Crippen molar-refractivity contribution in [1.29, 1.82) is 0 Å². The number of sulfonamides is 1. The lowest BCUT2D eigenvalue weighted by Gasteiger charge is -2.09. The standard InChI is InChI=1S/C12H16N4O2S2/c1-4-11-14-15-12(19-11)16-20(17,18)9-5-7(2)8(3)10(13)6-9/h5-6H,4,13H2,1-3H3,(H,15,16). The van der Waals surface area contributed by atoms with Crippen molar-refractivity contribution < 1.29 is 8.42 Å². The fourth-order valence-electron chi connectivity index (χ4n) is 1.62. The fraction of sp³-hybridized carbons (Fsp3) is 0.333. The smallest absolute Gasteiger partial charge is 0.263 e. The predicted molar refractivity (Wildman–Crippen MR) is 80.4 cm³/mol. The minimum Gasteiger partial charge on any atom is -0.398 e. The van der Waals surface area contributed by atoms with Crippen LogP contribution < -0.4 is 10.5 Å². The number of aryl methyl sites for hydroxylation is 2. The van der Waals surface area contributed by atoms with Crippen molar-refractivity contribution in [2.45, 2.75) is 32.1 Å². The Hall–Kier alpha value is -1.67. The van der Waals surface area contributed by atoms with Gasteiger partial charge in [-0.3, -0.25) is 4.72 Å². The Morgan fingerprint density at radius 2 is 2.00 bits per heavy atom. The largest absolute Gasteiger partial charge is 0.398 e. The highest BCUT2D eigenvalue weighted by Gasteiger charge is 2.18. The molecule has 0 bridgehead atoms. The number of nitrogens with zero attached hydrogens (tertiary/aromatic N) is 2. The predicted octanol–water partition coefficient (Wildman–Crippen LogP) is 2.10. The number of nitrogens with one attached hydrogen (secondary N) is 1. The summed E-state index contributed by atoms with van der Waals surface area (Å²) in [6, 6.07) is 3.04. The van der Waals surface area contributed by atoms with Crippen LogP contribution in [0.4, 0.5) is 10.8 Å². The number of nitrogen functional groups attached to an aromatic ring is 1. The molecule has 6 nitrogen and oxygen atoms in total. The summed E-state index contributed by atoms with van der Waals surface area (Å²) in [6.07, 6.45) is 0.718. The van der Waals surface area contributed by atoms with Crippen molar-refractivity contribution in [2.24, 2.45) is 0 Å². The number of hydrogen-bond acceptors (Lipinski definition) is 6. The SMILES string of the molecule is CCc1nnc(NS(=O)(=O)c2cc(C)c(C)c(N)c2)s1. The van der Waals surface area contributed by atoms with Gasteiger partial charge in [0.05, 0.1) is 4.90 Å². The van der Waals surface area contributed by atoms with Crippen LogP contribution in [0.15, 0.2) is 17.0 Å². The van der Waals surface area contributed by atoms with E-state index in [0.29, 0.717) is 5.69 Å². The molecule has 1 aromatic carbocycles. The van der Waals surface area contributed by atoms with Crippen LogP contribution in [0.3, 0.4) is 0 Å². The van der Waals surface area contributed by atoms with Crippen molar-refractivity contribution in [2.75, 3.05) is 10.5 Å². The zero-order valence-electron chi connectivity index (χ0n) is 11.5. The van der Waals surface area contributed by atoms with Crippen LogP contribution in [-0.2, 0) is 16.4 Å².